The van der Waals surface area contributed by atoms with Gasteiger partial charge in [-0.1, -0.05) is 146 Å². The van der Waals surface area contributed by atoms with E-state index in [1.54, 1.807) is 0 Å². The molecule has 0 nitrogen and oxygen atoms in total. The summed E-state index contributed by atoms with van der Waals surface area (Å²) >= 11 is 6.14. The first-order chi connectivity index (χ1) is 19.7. The van der Waals surface area contributed by atoms with Crippen LogP contribution in [0.3, 0.4) is 0 Å². The molecular formula is C39H24S. The smallest absolute Gasteiger partial charge is 0.0540 e. The molecule has 186 valence electrons. The predicted octanol–water partition coefficient (Wildman–Crippen LogP) is 10.5. The van der Waals surface area contributed by atoms with E-state index in [1.807, 2.05) is 24.3 Å². The number of hydrogen-bond acceptors (Lipinski definition) is 1. The van der Waals surface area contributed by atoms with Crippen LogP contribution in [0, 0.1) is 12.1 Å². The standard InChI is InChI=1S/C39H24S/c1-2-26-13-5-6-16-30(26)39(40)36-22-12-11-21-35(36)38-33-19-9-7-17-31(33)37(32-18-8-10-20-34(32)38)29-24-23-27-14-3-4-15-28(27)25-29/h2-10,12-20,22-25H,1H2. The Labute approximate surface area is 239 Å². The summed E-state index contributed by atoms with van der Waals surface area (Å²) in [6, 6.07) is 51.5. The molecule has 0 N–H and O–H groups in total. The maximum atomic E-state index is 6.14. The lowest BCUT2D eigenvalue weighted by molar-refractivity contribution is 1.59. The predicted molar refractivity (Wildman–Crippen MR) is 175 cm³/mol. The van der Waals surface area contributed by atoms with Crippen LogP contribution in [0.2, 0.25) is 0 Å². The summed E-state index contributed by atoms with van der Waals surface area (Å²) in [6.45, 7) is 4.01. The van der Waals surface area contributed by atoms with Crippen LogP contribution < -0.4 is 0 Å². The van der Waals surface area contributed by atoms with Gasteiger partial charge in [-0.25, -0.2) is 0 Å². The summed E-state index contributed by atoms with van der Waals surface area (Å²) in [5, 5.41) is 7.21. The van der Waals surface area contributed by atoms with Crippen LogP contribution in [0.5, 0.6) is 0 Å². The van der Waals surface area contributed by atoms with Gasteiger partial charge >= 0.3 is 0 Å². The zero-order valence-electron chi connectivity index (χ0n) is 21.8. The summed E-state index contributed by atoms with van der Waals surface area (Å²) in [6.07, 6.45) is 1.86. The van der Waals surface area contributed by atoms with Gasteiger partial charge in [-0.3, -0.25) is 0 Å². The molecular weight excluding hydrogens is 500 g/mol. The Kier molecular flexibility index (Phi) is 5.97. The summed E-state index contributed by atoms with van der Waals surface area (Å²) in [7, 11) is 0. The van der Waals surface area contributed by atoms with Crippen molar-refractivity contribution in [3.63, 3.8) is 0 Å². The largest absolute Gasteiger partial charge is 0.0984 e. The van der Waals surface area contributed by atoms with Gasteiger partial charge in [-0.15, -0.1) is 0 Å². The first kappa shape index (κ1) is 24.0. The van der Waals surface area contributed by atoms with Gasteiger partial charge in [0, 0.05) is 22.3 Å². The van der Waals surface area contributed by atoms with Gasteiger partial charge < -0.3 is 0 Å². The van der Waals surface area contributed by atoms with Gasteiger partial charge in [-0.05, 0) is 67.2 Å². The zero-order valence-corrected chi connectivity index (χ0v) is 22.6. The van der Waals surface area contributed by atoms with Crippen molar-refractivity contribution in [2.24, 2.45) is 0 Å². The van der Waals surface area contributed by atoms with E-state index >= 15 is 0 Å². The Balaban J connectivity index is 1.55. The highest BCUT2D eigenvalue weighted by molar-refractivity contribution is 7.81. The van der Waals surface area contributed by atoms with Crippen LogP contribution in [0.4, 0.5) is 0 Å². The first-order valence-electron chi connectivity index (χ1n) is 13.4. The van der Waals surface area contributed by atoms with Crippen LogP contribution in [0.1, 0.15) is 16.7 Å². The van der Waals surface area contributed by atoms with Gasteiger partial charge in [0.15, 0.2) is 0 Å². The molecule has 0 amide bonds. The third-order valence-electron chi connectivity index (χ3n) is 7.69. The fraction of sp³-hybridized carbons (Fsp3) is 0. The molecule has 1 heteroatoms. The topological polar surface area (TPSA) is 0 Å². The molecule has 0 saturated heterocycles. The Morgan fingerprint density at radius 2 is 1.20 bits per heavy atom. The molecule has 0 radical (unpaired) electrons. The number of benzene rings is 6. The molecule has 0 fully saturated rings. The molecule has 0 aliphatic rings. The minimum atomic E-state index is 0.780. The van der Waals surface area contributed by atoms with E-state index in [2.05, 4.69) is 128 Å². The molecule has 0 aliphatic heterocycles. The molecule has 0 heterocycles. The van der Waals surface area contributed by atoms with E-state index in [0.717, 1.165) is 32.7 Å². The molecule has 0 saturated carbocycles. The van der Waals surface area contributed by atoms with Crippen molar-refractivity contribution in [1.29, 1.82) is 0 Å². The highest BCUT2D eigenvalue weighted by Crippen LogP contribution is 2.44. The molecule has 0 aliphatic carbocycles. The molecule has 0 unspecified atom stereocenters. The van der Waals surface area contributed by atoms with Crippen molar-refractivity contribution in [2.45, 2.75) is 0 Å². The second kappa shape index (κ2) is 9.93. The van der Waals surface area contributed by atoms with Crippen LogP contribution >= 0.6 is 12.2 Å². The van der Waals surface area contributed by atoms with E-state index < -0.39 is 0 Å². The average Bonchev–Trinajstić information content (AvgIpc) is 3.03. The molecule has 0 aromatic heterocycles. The summed E-state index contributed by atoms with van der Waals surface area (Å²) in [4.78, 5) is 0.780. The van der Waals surface area contributed by atoms with Gasteiger partial charge in [0.05, 0.1) is 4.86 Å². The van der Waals surface area contributed by atoms with Crippen molar-refractivity contribution in [2.75, 3.05) is 0 Å². The van der Waals surface area contributed by atoms with Crippen LogP contribution in [0.25, 0.3) is 60.6 Å². The van der Waals surface area contributed by atoms with Crippen molar-refractivity contribution in [1.82, 2.24) is 0 Å². The van der Waals surface area contributed by atoms with Gasteiger partial charge in [0.25, 0.3) is 0 Å². The van der Waals surface area contributed by atoms with Crippen molar-refractivity contribution in [3.8, 4) is 22.3 Å². The normalized spacial score (nSPS) is 11.0. The number of fused-ring (bicyclic) bond motifs is 3. The van der Waals surface area contributed by atoms with Crippen molar-refractivity contribution >= 4 is 55.5 Å². The fourth-order valence-corrected chi connectivity index (χ4v) is 6.21. The molecule has 0 bridgehead atoms. The number of thiocarbonyl (C=S) groups is 1. The number of hydrogen-bond donors (Lipinski definition) is 0. The number of rotatable bonds is 5. The van der Waals surface area contributed by atoms with Crippen LogP contribution in [-0.2, 0) is 0 Å². The molecule has 0 atom stereocenters. The van der Waals surface area contributed by atoms with Gasteiger partial charge in [-0.2, -0.15) is 0 Å². The third kappa shape index (κ3) is 3.90. The lowest BCUT2D eigenvalue weighted by Gasteiger charge is -2.19. The van der Waals surface area contributed by atoms with E-state index in [9.17, 15) is 0 Å². The minimum Gasteiger partial charge on any atom is -0.0984 e. The fourth-order valence-electron chi connectivity index (χ4n) is 5.86. The summed E-state index contributed by atoms with van der Waals surface area (Å²) < 4.78 is 0. The Morgan fingerprint density at radius 3 is 1.90 bits per heavy atom. The lowest BCUT2D eigenvalue weighted by Crippen LogP contribution is -2.04. The molecule has 0 spiro atoms. The maximum absolute atomic E-state index is 6.14. The highest BCUT2D eigenvalue weighted by atomic mass is 32.1. The van der Waals surface area contributed by atoms with Crippen molar-refractivity contribution in [3.05, 3.63) is 163 Å². The van der Waals surface area contributed by atoms with E-state index in [0.29, 0.717) is 0 Å². The quantitative estimate of drug-likeness (QED) is 0.123. The monoisotopic (exact) mass is 524 g/mol. The first-order valence-corrected chi connectivity index (χ1v) is 13.8. The Morgan fingerprint density at radius 1 is 0.600 bits per heavy atom. The summed E-state index contributed by atoms with van der Waals surface area (Å²) in [5.74, 6) is 0. The molecule has 40 heavy (non-hydrogen) atoms. The second-order valence-corrected chi connectivity index (χ2v) is 10.3. The highest BCUT2D eigenvalue weighted by Gasteiger charge is 2.20. The Bertz CT molecular complexity index is 2040. The second-order valence-electron chi connectivity index (χ2n) is 9.91. The molecule has 7 aromatic carbocycles. The van der Waals surface area contributed by atoms with Crippen LogP contribution in [0.15, 0.2) is 134 Å². The van der Waals surface area contributed by atoms with Gasteiger partial charge in [0.2, 0.25) is 0 Å². The average molecular weight is 525 g/mol. The minimum absolute atomic E-state index is 0.780. The SMILES string of the molecule is C=Cc1ccccc1C(=S)c1ccc#cc1-c1c2ccccc2c(-c2ccc3ccccc3c2)c2ccccc12. The summed E-state index contributed by atoms with van der Waals surface area (Å²) in [5.41, 5.74) is 7.52. The van der Waals surface area contributed by atoms with Gasteiger partial charge in [0.1, 0.15) is 0 Å². The van der Waals surface area contributed by atoms with E-state index in [-0.39, 0.29) is 0 Å². The Hall–Kier alpha value is -5.03. The maximum Gasteiger partial charge on any atom is 0.0540 e. The molecule has 7 aromatic rings. The third-order valence-corrected chi connectivity index (χ3v) is 8.13. The van der Waals surface area contributed by atoms with E-state index in [4.69, 9.17) is 12.2 Å². The van der Waals surface area contributed by atoms with Crippen molar-refractivity contribution < 1.29 is 0 Å². The molecule has 7 rings (SSSR count). The lowest BCUT2D eigenvalue weighted by atomic mass is 9.84. The van der Waals surface area contributed by atoms with Crippen LogP contribution in [-0.4, -0.2) is 4.86 Å². The zero-order chi connectivity index (χ0) is 27.1. The van der Waals surface area contributed by atoms with E-state index in [1.165, 1.54) is 43.4 Å².